The smallest absolute Gasteiger partial charge is 0.0479 e. The Balaban J connectivity index is 2.51. The van der Waals surface area contributed by atoms with Crippen LogP contribution in [0.1, 0.15) is 26.2 Å². The maximum atomic E-state index is 3.87. The Morgan fingerprint density at radius 3 is 2.23 bits per heavy atom. The minimum Gasteiger partial charge on any atom is -0.103 e. The van der Waals surface area contributed by atoms with Crippen molar-refractivity contribution < 1.29 is 0 Å². The lowest BCUT2D eigenvalue weighted by molar-refractivity contribution is 0.637. The zero-order valence-corrected chi connectivity index (χ0v) is 10.6. The van der Waals surface area contributed by atoms with Gasteiger partial charge in [-0.15, -0.1) is 6.58 Å². The van der Waals surface area contributed by atoms with E-state index in [2.05, 4.69) is 39.2 Å². The average molecular weight is 196 g/mol. The topological polar surface area (TPSA) is 0 Å². The van der Waals surface area contributed by atoms with Crippen molar-refractivity contribution in [3.05, 3.63) is 12.7 Å². The molecular formula is C12H24Si. The summed E-state index contributed by atoms with van der Waals surface area (Å²) in [5, 5.41) is 0. The molecule has 0 radical (unpaired) electrons. The molecule has 1 rings (SSSR count). The summed E-state index contributed by atoms with van der Waals surface area (Å²) in [6, 6.07) is 0. The van der Waals surface area contributed by atoms with E-state index < -0.39 is 8.07 Å². The van der Waals surface area contributed by atoms with Crippen LogP contribution in [0.15, 0.2) is 12.7 Å². The minimum absolute atomic E-state index is 0.872. The molecule has 3 atom stereocenters. The van der Waals surface area contributed by atoms with Crippen molar-refractivity contribution in [2.45, 2.75) is 51.4 Å². The lowest BCUT2D eigenvalue weighted by atomic mass is 10.2. The second-order valence-electron chi connectivity index (χ2n) is 5.53. The molecule has 1 aliphatic rings. The first kappa shape index (κ1) is 11.0. The van der Waals surface area contributed by atoms with Gasteiger partial charge in [0.1, 0.15) is 0 Å². The molecule has 0 aromatic rings. The summed E-state index contributed by atoms with van der Waals surface area (Å²) < 4.78 is 0. The molecule has 76 valence electrons. The highest BCUT2D eigenvalue weighted by Crippen LogP contribution is 2.61. The second-order valence-corrected chi connectivity index (χ2v) is 10.9. The van der Waals surface area contributed by atoms with E-state index in [4.69, 9.17) is 0 Å². The highest BCUT2D eigenvalue weighted by Gasteiger charge is 2.54. The van der Waals surface area contributed by atoms with Crippen molar-refractivity contribution in [1.82, 2.24) is 0 Å². The summed E-state index contributed by atoms with van der Waals surface area (Å²) in [5.74, 6) is 2.05. The van der Waals surface area contributed by atoms with Gasteiger partial charge in [-0.05, 0) is 23.8 Å². The van der Waals surface area contributed by atoms with E-state index in [0.717, 1.165) is 17.4 Å². The zero-order chi connectivity index (χ0) is 10.1. The second kappa shape index (κ2) is 3.99. The van der Waals surface area contributed by atoms with Crippen LogP contribution in [0.3, 0.4) is 0 Å². The molecule has 0 heterocycles. The zero-order valence-electron chi connectivity index (χ0n) is 9.64. The number of rotatable bonds is 5. The molecule has 0 amide bonds. The highest BCUT2D eigenvalue weighted by molar-refractivity contribution is 6.78. The van der Waals surface area contributed by atoms with Crippen LogP contribution in [-0.4, -0.2) is 8.07 Å². The predicted molar refractivity (Wildman–Crippen MR) is 63.8 cm³/mol. The summed E-state index contributed by atoms with van der Waals surface area (Å²) in [5.41, 5.74) is 1.09. The molecule has 1 fully saturated rings. The Bertz CT molecular complexity index is 178. The molecule has 0 aromatic carbocycles. The summed E-state index contributed by atoms with van der Waals surface area (Å²) in [6.45, 7) is 13.7. The molecule has 0 nitrogen and oxygen atoms in total. The molecule has 0 aromatic heterocycles. The molecule has 13 heavy (non-hydrogen) atoms. The van der Waals surface area contributed by atoms with Crippen LogP contribution in [0.25, 0.3) is 0 Å². The average Bonchev–Trinajstić information content (AvgIpc) is 2.63. The lowest BCUT2D eigenvalue weighted by Crippen LogP contribution is -2.21. The molecule has 0 bridgehead atoms. The van der Waals surface area contributed by atoms with Crippen molar-refractivity contribution in [1.29, 1.82) is 0 Å². The molecule has 0 aliphatic heterocycles. The molecular weight excluding hydrogens is 172 g/mol. The SMILES string of the molecule is C=CC[C@H]1[C@@H](CCC)[C@@H]1[Si](C)(C)C. The van der Waals surface area contributed by atoms with Crippen LogP contribution < -0.4 is 0 Å². The van der Waals surface area contributed by atoms with Crippen LogP contribution in [0.4, 0.5) is 0 Å². The maximum Gasteiger partial charge on any atom is 0.0479 e. The van der Waals surface area contributed by atoms with Crippen molar-refractivity contribution in [2.75, 3.05) is 0 Å². The third-order valence-electron chi connectivity index (χ3n) is 3.39. The van der Waals surface area contributed by atoms with Crippen LogP contribution in [0.5, 0.6) is 0 Å². The normalized spacial score (nSPS) is 33.1. The van der Waals surface area contributed by atoms with Crippen LogP contribution in [0, 0.1) is 11.8 Å². The van der Waals surface area contributed by atoms with Crippen LogP contribution in [0.2, 0.25) is 25.2 Å². The van der Waals surface area contributed by atoms with E-state index in [0.29, 0.717) is 0 Å². The number of hydrogen-bond donors (Lipinski definition) is 0. The fraction of sp³-hybridized carbons (Fsp3) is 0.833. The molecule has 0 spiro atoms. The van der Waals surface area contributed by atoms with Crippen molar-refractivity contribution >= 4 is 8.07 Å². The Kier molecular flexibility index (Phi) is 3.39. The van der Waals surface area contributed by atoms with E-state index in [-0.39, 0.29) is 0 Å². The van der Waals surface area contributed by atoms with Crippen LogP contribution in [-0.2, 0) is 0 Å². The monoisotopic (exact) mass is 196 g/mol. The minimum atomic E-state index is -0.872. The van der Waals surface area contributed by atoms with Gasteiger partial charge in [-0.1, -0.05) is 45.5 Å². The molecule has 1 heteroatoms. The van der Waals surface area contributed by atoms with E-state index >= 15 is 0 Å². The molecule has 1 aliphatic carbocycles. The fourth-order valence-corrected chi connectivity index (χ4v) is 6.23. The van der Waals surface area contributed by atoms with Crippen LogP contribution >= 0.6 is 0 Å². The predicted octanol–water partition coefficient (Wildman–Crippen LogP) is 4.32. The molecule has 0 unspecified atom stereocenters. The summed E-state index contributed by atoms with van der Waals surface area (Å²) >= 11 is 0. The van der Waals surface area contributed by atoms with Gasteiger partial charge in [-0.3, -0.25) is 0 Å². The van der Waals surface area contributed by atoms with Gasteiger partial charge in [0.15, 0.2) is 0 Å². The Hall–Kier alpha value is -0.0431. The van der Waals surface area contributed by atoms with Gasteiger partial charge in [0.2, 0.25) is 0 Å². The van der Waals surface area contributed by atoms with Gasteiger partial charge in [-0.25, -0.2) is 0 Å². The van der Waals surface area contributed by atoms with Gasteiger partial charge in [0.25, 0.3) is 0 Å². The molecule has 1 saturated carbocycles. The van der Waals surface area contributed by atoms with E-state index in [1.807, 2.05) is 0 Å². The number of hydrogen-bond acceptors (Lipinski definition) is 0. The van der Waals surface area contributed by atoms with Crippen molar-refractivity contribution in [3.63, 3.8) is 0 Å². The third kappa shape index (κ3) is 2.46. The van der Waals surface area contributed by atoms with Crippen molar-refractivity contribution in [3.8, 4) is 0 Å². The summed E-state index contributed by atoms with van der Waals surface area (Å²) in [7, 11) is -0.872. The van der Waals surface area contributed by atoms with E-state index in [9.17, 15) is 0 Å². The first-order valence-corrected chi connectivity index (χ1v) is 9.21. The fourth-order valence-electron chi connectivity index (χ4n) is 2.97. The quantitative estimate of drug-likeness (QED) is 0.454. The third-order valence-corrected chi connectivity index (χ3v) is 6.25. The van der Waals surface area contributed by atoms with E-state index in [1.54, 1.807) is 0 Å². The lowest BCUT2D eigenvalue weighted by Gasteiger charge is -2.15. The highest BCUT2D eigenvalue weighted by atomic mass is 28.3. The first-order valence-electron chi connectivity index (χ1n) is 5.63. The van der Waals surface area contributed by atoms with Gasteiger partial charge in [0.05, 0.1) is 0 Å². The Labute approximate surface area is 84.4 Å². The van der Waals surface area contributed by atoms with Gasteiger partial charge in [-0.2, -0.15) is 0 Å². The van der Waals surface area contributed by atoms with Gasteiger partial charge < -0.3 is 0 Å². The van der Waals surface area contributed by atoms with Gasteiger partial charge >= 0.3 is 0 Å². The van der Waals surface area contributed by atoms with Crippen molar-refractivity contribution in [2.24, 2.45) is 11.8 Å². The Morgan fingerprint density at radius 1 is 1.23 bits per heavy atom. The Morgan fingerprint density at radius 2 is 1.85 bits per heavy atom. The largest absolute Gasteiger partial charge is 0.103 e. The summed E-state index contributed by atoms with van der Waals surface area (Å²) in [6.07, 6.45) is 6.19. The maximum absolute atomic E-state index is 3.87. The molecule has 0 N–H and O–H groups in total. The standard InChI is InChI=1S/C12H24Si/c1-6-8-10-11(9-7-2)12(10)13(3,4)5/h6,10-12H,1,7-9H2,2-5H3/t10-,11+,12+/m0/s1. The molecule has 0 saturated heterocycles. The summed E-state index contributed by atoms with van der Waals surface area (Å²) in [4.78, 5) is 0. The van der Waals surface area contributed by atoms with Gasteiger partial charge in [0, 0.05) is 8.07 Å². The number of allylic oxidation sites excluding steroid dienone is 1. The van der Waals surface area contributed by atoms with E-state index in [1.165, 1.54) is 19.3 Å². The first-order chi connectivity index (χ1) is 6.02.